The molecule has 102 valence electrons. The van der Waals surface area contributed by atoms with Gasteiger partial charge in [0.05, 0.1) is 16.3 Å². The van der Waals surface area contributed by atoms with Crippen molar-refractivity contribution in [3.63, 3.8) is 0 Å². The molecule has 1 unspecified atom stereocenters. The van der Waals surface area contributed by atoms with Gasteiger partial charge in [0.2, 0.25) is 0 Å². The molecule has 6 N–H and O–H groups in total. The van der Waals surface area contributed by atoms with Crippen LogP contribution in [0.4, 0.5) is 11.4 Å². The lowest BCUT2D eigenvalue weighted by molar-refractivity contribution is 0.717. The van der Waals surface area contributed by atoms with Crippen molar-refractivity contribution in [1.82, 2.24) is 4.98 Å². The predicted octanol–water partition coefficient (Wildman–Crippen LogP) is 2.70. The first-order valence-corrected chi connectivity index (χ1v) is 7.19. The second-order valence-corrected chi connectivity index (χ2v) is 5.90. The fourth-order valence-corrected chi connectivity index (χ4v) is 3.20. The quantitative estimate of drug-likeness (QED) is 0.645. The van der Waals surface area contributed by atoms with E-state index in [0.717, 1.165) is 38.6 Å². The number of aromatic nitrogens is 1. The molecular formula is C15H16N4S. The summed E-state index contributed by atoms with van der Waals surface area (Å²) in [5.41, 5.74) is 21.4. The van der Waals surface area contributed by atoms with E-state index in [9.17, 15) is 0 Å². The van der Waals surface area contributed by atoms with Gasteiger partial charge in [-0.1, -0.05) is 12.1 Å². The van der Waals surface area contributed by atoms with Crippen molar-refractivity contribution in [2.24, 2.45) is 5.73 Å². The molecule has 3 aromatic rings. The van der Waals surface area contributed by atoms with Crippen LogP contribution in [0.5, 0.6) is 0 Å². The van der Waals surface area contributed by atoms with Crippen molar-refractivity contribution in [3.05, 3.63) is 53.0 Å². The number of benzene rings is 2. The molecule has 1 atom stereocenters. The normalized spacial score (nSPS) is 12.7. The third kappa shape index (κ3) is 2.59. The van der Waals surface area contributed by atoms with Crippen molar-refractivity contribution in [1.29, 1.82) is 0 Å². The maximum atomic E-state index is 6.25. The lowest BCUT2D eigenvalue weighted by Gasteiger charge is -2.08. The Morgan fingerprint density at radius 1 is 1.05 bits per heavy atom. The van der Waals surface area contributed by atoms with Crippen LogP contribution in [0.25, 0.3) is 10.2 Å². The summed E-state index contributed by atoms with van der Waals surface area (Å²) in [6.45, 7) is 0. The van der Waals surface area contributed by atoms with Gasteiger partial charge in [-0.05, 0) is 42.3 Å². The summed E-state index contributed by atoms with van der Waals surface area (Å²) in [5, 5.41) is 0.924. The van der Waals surface area contributed by atoms with Crippen LogP contribution < -0.4 is 17.2 Å². The Balaban J connectivity index is 1.86. The molecule has 2 aromatic carbocycles. The molecule has 0 saturated heterocycles. The van der Waals surface area contributed by atoms with Gasteiger partial charge in [0.25, 0.3) is 0 Å². The third-order valence-corrected chi connectivity index (χ3v) is 4.30. The minimum absolute atomic E-state index is 0.129. The van der Waals surface area contributed by atoms with Crippen molar-refractivity contribution < 1.29 is 0 Å². The van der Waals surface area contributed by atoms with E-state index in [1.54, 1.807) is 11.3 Å². The van der Waals surface area contributed by atoms with Gasteiger partial charge in [0, 0.05) is 11.4 Å². The van der Waals surface area contributed by atoms with Crippen LogP contribution >= 0.6 is 11.3 Å². The first kappa shape index (κ1) is 12.9. The predicted molar refractivity (Wildman–Crippen MR) is 85.5 cm³/mol. The summed E-state index contributed by atoms with van der Waals surface area (Å²) < 4.78 is 1.07. The first-order valence-electron chi connectivity index (χ1n) is 6.38. The highest BCUT2D eigenvalue weighted by Gasteiger charge is 2.13. The Bertz CT molecular complexity index is 750. The van der Waals surface area contributed by atoms with Gasteiger partial charge < -0.3 is 17.2 Å². The third-order valence-electron chi connectivity index (χ3n) is 3.15. The molecule has 0 fully saturated rings. The van der Waals surface area contributed by atoms with E-state index in [-0.39, 0.29) is 6.04 Å². The summed E-state index contributed by atoms with van der Waals surface area (Å²) >= 11 is 1.60. The number of anilines is 2. The monoisotopic (exact) mass is 284 g/mol. The number of hydrogen-bond donors (Lipinski definition) is 3. The fraction of sp³-hybridized carbons (Fsp3) is 0.133. The van der Waals surface area contributed by atoms with Gasteiger partial charge in [0.15, 0.2) is 0 Å². The molecule has 0 saturated carbocycles. The summed E-state index contributed by atoms with van der Waals surface area (Å²) in [4.78, 5) is 4.58. The van der Waals surface area contributed by atoms with E-state index >= 15 is 0 Å². The zero-order chi connectivity index (χ0) is 14.1. The molecule has 0 aliphatic rings. The Labute approximate surface area is 121 Å². The van der Waals surface area contributed by atoms with Crippen LogP contribution in [0.15, 0.2) is 42.5 Å². The van der Waals surface area contributed by atoms with Crippen LogP contribution in [-0.2, 0) is 6.42 Å². The van der Waals surface area contributed by atoms with Crippen LogP contribution in [0.2, 0.25) is 0 Å². The molecule has 0 amide bonds. The summed E-state index contributed by atoms with van der Waals surface area (Å²) in [6.07, 6.45) is 0.723. The van der Waals surface area contributed by atoms with E-state index in [1.807, 2.05) is 42.5 Å². The lowest BCUT2D eigenvalue weighted by Crippen LogP contribution is -2.13. The molecule has 5 heteroatoms. The van der Waals surface area contributed by atoms with E-state index in [4.69, 9.17) is 17.2 Å². The van der Waals surface area contributed by atoms with E-state index < -0.39 is 0 Å². The van der Waals surface area contributed by atoms with E-state index in [0.29, 0.717) is 0 Å². The Hall–Kier alpha value is -2.11. The van der Waals surface area contributed by atoms with Gasteiger partial charge in [-0.15, -0.1) is 11.3 Å². The van der Waals surface area contributed by atoms with Crippen molar-refractivity contribution in [2.45, 2.75) is 12.5 Å². The minimum atomic E-state index is -0.129. The summed E-state index contributed by atoms with van der Waals surface area (Å²) in [7, 11) is 0. The molecule has 0 spiro atoms. The van der Waals surface area contributed by atoms with E-state index in [1.165, 1.54) is 0 Å². The van der Waals surface area contributed by atoms with Crippen molar-refractivity contribution in [2.75, 3.05) is 11.5 Å². The number of rotatable bonds is 3. The highest BCUT2D eigenvalue weighted by atomic mass is 32.1. The number of nitrogen functional groups attached to an aromatic ring is 2. The zero-order valence-corrected chi connectivity index (χ0v) is 11.7. The van der Waals surface area contributed by atoms with Crippen LogP contribution in [-0.4, -0.2) is 4.98 Å². The number of hydrogen-bond acceptors (Lipinski definition) is 5. The second kappa shape index (κ2) is 5.11. The average molecular weight is 284 g/mol. The smallest absolute Gasteiger partial charge is 0.111 e. The molecule has 4 nitrogen and oxygen atoms in total. The molecule has 0 radical (unpaired) electrons. The van der Waals surface area contributed by atoms with Gasteiger partial charge >= 0.3 is 0 Å². The topological polar surface area (TPSA) is 91.0 Å². The van der Waals surface area contributed by atoms with Crippen LogP contribution in [0, 0.1) is 0 Å². The van der Waals surface area contributed by atoms with Crippen molar-refractivity contribution >= 4 is 32.9 Å². The fourth-order valence-electron chi connectivity index (χ4n) is 2.18. The summed E-state index contributed by atoms with van der Waals surface area (Å²) in [6, 6.07) is 13.4. The second-order valence-electron chi connectivity index (χ2n) is 4.83. The molecule has 1 aromatic heterocycles. The Morgan fingerprint density at radius 2 is 1.85 bits per heavy atom. The van der Waals surface area contributed by atoms with Gasteiger partial charge in [0.1, 0.15) is 5.01 Å². The van der Waals surface area contributed by atoms with Crippen LogP contribution in [0.1, 0.15) is 16.6 Å². The number of thiazole rings is 1. The van der Waals surface area contributed by atoms with Crippen molar-refractivity contribution in [3.8, 4) is 0 Å². The minimum Gasteiger partial charge on any atom is -0.399 e. The summed E-state index contributed by atoms with van der Waals surface area (Å²) in [5.74, 6) is 0. The van der Waals surface area contributed by atoms with E-state index in [2.05, 4.69) is 4.98 Å². The maximum absolute atomic E-state index is 6.25. The molecule has 0 aliphatic carbocycles. The standard InChI is InChI=1S/C15H16N4S/c16-10-3-1-2-9(6-10)7-12(18)15-19-13-5-4-11(17)8-14(13)20-15/h1-6,8,12H,7,16-18H2. The highest BCUT2D eigenvalue weighted by molar-refractivity contribution is 7.18. The Kier molecular flexibility index (Phi) is 3.30. The van der Waals surface area contributed by atoms with Gasteiger partial charge in [-0.25, -0.2) is 4.98 Å². The maximum Gasteiger partial charge on any atom is 0.111 e. The molecule has 1 heterocycles. The SMILES string of the molecule is Nc1cccc(CC(N)c2nc3ccc(N)cc3s2)c1. The number of fused-ring (bicyclic) bond motifs is 1. The molecule has 0 bridgehead atoms. The lowest BCUT2D eigenvalue weighted by atomic mass is 10.1. The Morgan fingerprint density at radius 3 is 2.65 bits per heavy atom. The van der Waals surface area contributed by atoms with Gasteiger partial charge in [-0.2, -0.15) is 0 Å². The average Bonchev–Trinajstić information content (AvgIpc) is 2.81. The number of nitrogens with zero attached hydrogens (tertiary/aromatic N) is 1. The highest BCUT2D eigenvalue weighted by Crippen LogP contribution is 2.28. The molecule has 20 heavy (non-hydrogen) atoms. The number of nitrogens with two attached hydrogens (primary N) is 3. The largest absolute Gasteiger partial charge is 0.399 e. The molecule has 3 rings (SSSR count). The van der Waals surface area contributed by atoms with Gasteiger partial charge in [-0.3, -0.25) is 0 Å². The molecule has 0 aliphatic heterocycles. The molecular weight excluding hydrogens is 268 g/mol. The zero-order valence-electron chi connectivity index (χ0n) is 10.9. The first-order chi connectivity index (χ1) is 9.61. The van der Waals surface area contributed by atoms with Crippen LogP contribution in [0.3, 0.4) is 0 Å².